The lowest BCUT2D eigenvalue weighted by atomic mass is 10.0. The van der Waals surface area contributed by atoms with E-state index in [4.69, 9.17) is 10.5 Å². The maximum absolute atomic E-state index is 11.2. The fourth-order valence-electron chi connectivity index (χ4n) is 1.78. The van der Waals surface area contributed by atoms with Gasteiger partial charge in [-0.15, -0.1) is 0 Å². The molecule has 2 rings (SSSR count). The zero-order chi connectivity index (χ0) is 13.0. The number of benzene rings is 2. The number of aldehydes is 1. The summed E-state index contributed by atoms with van der Waals surface area (Å²) in [4.78, 5) is 21.8. The Labute approximate surface area is 104 Å². The van der Waals surface area contributed by atoms with Crippen molar-refractivity contribution in [3.8, 4) is 5.75 Å². The minimum Gasteiger partial charge on any atom is -0.492 e. The van der Waals surface area contributed by atoms with E-state index in [1.807, 2.05) is 30.3 Å². The van der Waals surface area contributed by atoms with Crippen molar-refractivity contribution in [3.05, 3.63) is 42.0 Å². The van der Waals surface area contributed by atoms with Crippen LogP contribution in [0.2, 0.25) is 0 Å². The fraction of sp³-hybridized carbons (Fsp3) is 0.143. The van der Waals surface area contributed by atoms with Crippen molar-refractivity contribution < 1.29 is 14.3 Å². The van der Waals surface area contributed by atoms with E-state index >= 15 is 0 Å². The lowest BCUT2D eigenvalue weighted by Crippen LogP contribution is -2.14. The highest BCUT2D eigenvalue weighted by Gasteiger charge is 2.08. The zero-order valence-electron chi connectivity index (χ0n) is 9.76. The second kappa shape index (κ2) is 5.31. The van der Waals surface area contributed by atoms with Gasteiger partial charge in [0.1, 0.15) is 5.75 Å². The Bertz CT molecular complexity index is 593. The number of ether oxygens (including phenoxy) is 1. The molecule has 0 unspecified atom stereocenters. The van der Waals surface area contributed by atoms with Gasteiger partial charge in [0.2, 0.25) is 5.91 Å². The number of primary amides is 1. The first kappa shape index (κ1) is 12.1. The molecule has 0 saturated carbocycles. The van der Waals surface area contributed by atoms with Crippen LogP contribution in [0.1, 0.15) is 16.8 Å². The van der Waals surface area contributed by atoms with E-state index in [9.17, 15) is 9.59 Å². The summed E-state index contributed by atoms with van der Waals surface area (Å²) < 4.78 is 5.41. The Morgan fingerprint density at radius 1 is 1.22 bits per heavy atom. The van der Waals surface area contributed by atoms with Crippen LogP contribution in [-0.2, 0) is 4.79 Å². The maximum Gasteiger partial charge on any atom is 0.220 e. The molecule has 92 valence electrons. The Morgan fingerprint density at radius 3 is 2.72 bits per heavy atom. The highest BCUT2D eigenvalue weighted by molar-refractivity contribution is 6.00. The van der Waals surface area contributed by atoms with Crippen LogP contribution in [0.3, 0.4) is 0 Å². The summed E-state index contributed by atoms with van der Waals surface area (Å²) in [7, 11) is 0. The van der Waals surface area contributed by atoms with Gasteiger partial charge in [0.25, 0.3) is 0 Å². The van der Waals surface area contributed by atoms with Gasteiger partial charge in [-0.1, -0.05) is 30.3 Å². The number of carbonyl (C=O) groups is 2. The average molecular weight is 243 g/mol. The topological polar surface area (TPSA) is 69.4 Å². The van der Waals surface area contributed by atoms with Gasteiger partial charge in [-0.2, -0.15) is 0 Å². The van der Waals surface area contributed by atoms with Gasteiger partial charge in [0, 0.05) is 0 Å². The van der Waals surface area contributed by atoms with Crippen molar-refractivity contribution in [2.45, 2.75) is 6.42 Å². The highest BCUT2D eigenvalue weighted by Crippen LogP contribution is 2.26. The third-order valence-electron chi connectivity index (χ3n) is 2.65. The van der Waals surface area contributed by atoms with Crippen LogP contribution in [-0.4, -0.2) is 18.8 Å². The number of hydrogen-bond acceptors (Lipinski definition) is 3. The second-order valence-electron chi connectivity index (χ2n) is 3.88. The molecule has 2 aromatic carbocycles. The normalized spacial score (nSPS) is 10.2. The zero-order valence-corrected chi connectivity index (χ0v) is 9.76. The van der Waals surface area contributed by atoms with E-state index in [0.29, 0.717) is 11.3 Å². The van der Waals surface area contributed by atoms with Crippen molar-refractivity contribution >= 4 is 23.0 Å². The molecule has 0 radical (unpaired) electrons. The van der Waals surface area contributed by atoms with Gasteiger partial charge < -0.3 is 10.5 Å². The van der Waals surface area contributed by atoms with Gasteiger partial charge in [0.15, 0.2) is 6.29 Å². The third kappa shape index (κ3) is 2.48. The molecule has 0 aliphatic rings. The summed E-state index contributed by atoms with van der Waals surface area (Å²) in [5, 5.41) is 1.81. The number of amides is 1. The molecule has 0 aliphatic carbocycles. The molecule has 0 heterocycles. The number of carbonyl (C=O) groups excluding carboxylic acids is 2. The maximum atomic E-state index is 11.2. The Hall–Kier alpha value is -2.36. The van der Waals surface area contributed by atoms with Gasteiger partial charge >= 0.3 is 0 Å². The summed E-state index contributed by atoms with van der Waals surface area (Å²) >= 11 is 0. The predicted octanol–water partition coefficient (Wildman–Crippen LogP) is 1.91. The monoisotopic (exact) mass is 243 g/mol. The van der Waals surface area contributed by atoms with Gasteiger partial charge in [-0.05, 0) is 16.8 Å². The van der Waals surface area contributed by atoms with Crippen molar-refractivity contribution in [1.82, 2.24) is 0 Å². The average Bonchev–Trinajstić information content (AvgIpc) is 2.38. The number of hydrogen-bond donors (Lipinski definition) is 1. The molecule has 0 aliphatic heterocycles. The smallest absolute Gasteiger partial charge is 0.220 e. The molecular formula is C14H13NO3. The summed E-state index contributed by atoms with van der Waals surface area (Å²) in [5.74, 6) is 0.0494. The standard InChI is InChI=1S/C14H13NO3/c15-14(17)7-8-18-13-6-5-10-3-1-2-4-11(10)12(13)9-16/h1-6,9H,7-8H2,(H2,15,17). The molecule has 0 bridgehead atoms. The molecular weight excluding hydrogens is 230 g/mol. The Balaban J connectivity index is 2.33. The third-order valence-corrected chi connectivity index (χ3v) is 2.65. The van der Waals surface area contributed by atoms with Crippen LogP contribution in [0.5, 0.6) is 5.75 Å². The summed E-state index contributed by atoms with van der Waals surface area (Å²) in [6.07, 6.45) is 0.896. The van der Waals surface area contributed by atoms with E-state index in [2.05, 4.69) is 0 Å². The molecule has 0 aromatic heterocycles. The largest absolute Gasteiger partial charge is 0.492 e. The van der Waals surface area contributed by atoms with Gasteiger partial charge in [-0.25, -0.2) is 0 Å². The SMILES string of the molecule is NC(=O)CCOc1ccc2ccccc2c1C=O. The molecule has 1 amide bonds. The van der Waals surface area contributed by atoms with E-state index in [-0.39, 0.29) is 13.0 Å². The van der Waals surface area contributed by atoms with Crippen LogP contribution in [0.4, 0.5) is 0 Å². The van der Waals surface area contributed by atoms with Crippen molar-refractivity contribution in [3.63, 3.8) is 0 Å². The number of rotatable bonds is 5. The van der Waals surface area contributed by atoms with E-state index in [0.717, 1.165) is 17.1 Å². The minimum atomic E-state index is -0.427. The predicted molar refractivity (Wildman–Crippen MR) is 68.6 cm³/mol. The summed E-state index contributed by atoms with van der Waals surface area (Å²) in [5.41, 5.74) is 5.53. The molecule has 0 saturated heterocycles. The molecule has 2 N–H and O–H groups in total. The number of nitrogens with two attached hydrogens (primary N) is 1. The molecule has 0 fully saturated rings. The molecule has 4 heteroatoms. The van der Waals surface area contributed by atoms with E-state index < -0.39 is 5.91 Å². The quantitative estimate of drug-likeness (QED) is 0.815. The first-order chi connectivity index (χ1) is 8.72. The molecule has 0 atom stereocenters. The minimum absolute atomic E-state index is 0.130. The number of fused-ring (bicyclic) bond motifs is 1. The van der Waals surface area contributed by atoms with Crippen molar-refractivity contribution in [2.75, 3.05) is 6.61 Å². The van der Waals surface area contributed by atoms with E-state index in [1.165, 1.54) is 0 Å². The lowest BCUT2D eigenvalue weighted by molar-refractivity contribution is -0.118. The van der Waals surface area contributed by atoms with Crippen LogP contribution in [0.25, 0.3) is 10.8 Å². The van der Waals surface area contributed by atoms with Gasteiger partial charge in [0.05, 0.1) is 18.6 Å². The van der Waals surface area contributed by atoms with Crippen LogP contribution in [0, 0.1) is 0 Å². The first-order valence-electron chi connectivity index (χ1n) is 5.60. The Morgan fingerprint density at radius 2 is 2.00 bits per heavy atom. The summed E-state index contributed by atoms with van der Waals surface area (Å²) in [6.45, 7) is 0.175. The van der Waals surface area contributed by atoms with Gasteiger partial charge in [-0.3, -0.25) is 9.59 Å². The van der Waals surface area contributed by atoms with Crippen molar-refractivity contribution in [2.24, 2.45) is 5.73 Å². The van der Waals surface area contributed by atoms with Crippen LogP contribution in [0.15, 0.2) is 36.4 Å². The van der Waals surface area contributed by atoms with Crippen LogP contribution < -0.4 is 10.5 Å². The second-order valence-corrected chi connectivity index (χ2v) is 3.88. The highest BCUT2D eigenvalue weighted by atomic mass is 16.5. The Kier molecular flexibility index (Phi) is 3.57. The van der Waals surface area contributed by atoms with Crippen LogP contribution >= 0.6 is 0 Å². The molecule has 0 spiro atoms. The van der Waals surface area contributed by atoms with E-state index in [1.54, 1.807) is 6.07 Å². The first-order valence-corrected chi connectivity index (χ1v) is 5.60. The molecule has 18 heavy (non-hydrogen) atoms. The molecule has 4 nitrogen and oxygen atoms in total. The fourth-order valence-corrected chi connectivity index (χ4v) is 1.78. The summed E-state index contributed by atoms with van der Waals surface area (Å²) in [6, 6.07) is 11.2. The lowest BCUT2D eigenvalue weighted by Gasteiger charge is -2.09. The molecule has 2 aromatic rings. The van der Waals surface area contributed by atoms with Crippen molar-refractivity contribution in [1.29, 1.82) is 0 Å².